The monoisotopic (exact) mass is 406 g/mol. The highest BCUT2D eigenvalue weighted by atomic mass is 127. The lowest BCUT2D eigenvalue weighted by molar-refractivity contribution is 0.102. The van der Waals surface area contributed by atoms with E-state index in [0.29, 0.717) is 27.1 Å². The number of pyridine rings is 1. The molecular formula is C13H9Cl2IN2O. The van der Waals surface area contributed by atoms with Gasteiger partial charge in [0.1, 0.15) is 5.15 Å². The topological polar surface area (TPSA) is 42.0 Å². The lowest BCUT2D eigenvalue weighted by Crippen LogP contribution is -2.14. The molecule has 19 heavy (non-hydrogen) atoms. The predicted molar refractivity (Wildman–Crippen MR) is 86.1 cm³/mol. The summed E-state index contributed by atoms with van der Waals surface area (Å²) in [5.41, 5.74) is 1.82. The number of nitrogens with zero attached hydrogens (tertiary/aromatic N) is 1. The lowest BCUT2D eigenvalue weighted by atomic mass is 10.2. The van der Waals surface area contributed by atoms with Crippen molar-refractivity contribution in [2.45, 2.75) is 6.92 Å². The number of amides is 1. The minimum atomic E-state index is -0.223. The number of carbonyl (C=O) groups is 1. The fraction of sp³-hybridized carbons (Fsp3) is 0.0769. The van der Waals surface area contributed by atoms with Crippen molar-refractivity contribution in [3.8, 4) is 0 Å². The van der Waals surface area contributed by atoms with E-state index in [0.717, 1.165) is 3.57 Å². The van der Waals surface area contributed by atoms with Crippen molar-refractivity contribution >= 4 is 57.4 Å². The molecule has 6 heteroatoms. The molecule has 1 heterocycles. The molecule has 0 bridgehead atoms. The van der Waals surface area contributed by atoms with Crippen molar-refractivity contribution < 1.29 is 4.79 Å². The van der Waals surface area contributed by atoms with Gasteiger partial charge in [-0.25, -0.2) is 4.98 Å². The number of rotatable bonds is 2. The zero-order valence-corrected chi connectivity index (χ0v) is 13.5. The van der Waals surface area contributed by atoms with Crippen LogP contribution in [-0.2, 0) is 0 Å². The third kappa shape index (κ3) is 3.58. The standard InChI is InChI=1S/C13H9Cl2IN2O/c1-7-11(4-5-12(15)17-7)18-13(19)9-6-8(14)2-3-10(9)16/h2-6H,1H3,(H,18,19). The second kappa shape index (κ2) is 6.07. The van der Waals surface area contributed by atoms with Crippen LogP contribution in [0.1, 0.15) is 16.1 Å². The third-order valence-corrected chi connectivity index (χ3v) is 3.86. The normalized spacial score (nSPS) is 10.3. The van der Waals surface area contributed by atoms with Crippen LogP contribution in [0.4, 0.5) is 5.69 Å². The number of nitrogens with one attached hydrogen (secondary N) is 1. The van der Waals surface area contributed by atoms with Crippen molar-refractivity contribution in [3.05, 3.63) is 55.3 Å². The fourth-order valence-electron chi connectivity index (χ4n) is 1.52. The van der Waals surface area contributed by atoms with E-state index in [1.165, 1.54) is 0 Å². The summed E-state index contributed by atoms with van der Waals surface area (Å²) in [5.74, 6) is -0.223. The summed E-state index contributed by atoms with van der Waals surface area (Å²) in [5, 5.41) is 3.72. The molecule has 1 amide bonds. The van der Waals surface area contributed by atoms with Crippen molar-refractivity contribution in [2.24, 2.45) is 0 Å². The maximum absolute atomic E-state index is 12.2. The molecule has 98 valence electrons. The van der Waals surface area contributed by atoms with Crippen LogP contribution in [0, 0.1) is 10.5 Å². The Morgan fingerprint density at radius 1 is 1.26 bits per heavy atom. The first kappa shape index (κ1) is 14.6. The first-order chi connectivity index (χ1) is 8.97. The summed E-state index contributed by atoms with van der Waals surface area (Å²) >= 11 is 13.8. The van der Waals surface area contributed by atoms with Gasteiger partial charge in [-0.05, 0) is 59.8 Å². The minimum Gasteiger partial charge on any atom is -0.320 e. The number of halogens is 3. The molecule has 0 aliphatic carbocycles. The largest absolute Gasteiger partial charge is 0.320 e. The van der Waals surface area contributed by atoms with Gasteiger partial charge in [0, 0.05) is 8.59 Å². The maximum atomic E-state index is 12.2. The van der Waals surface area contributed by atoms with E-state index in [1.54, 1.807) is 37.3 Å². The fourth-order valence-corrected chi connectivity index (χ4v) is 2.47. The van der Waals surface area contributed by atoms with E-state index in [-0.39, 0.29) is 5.91 Å². The van der Waals surface area contributed by atoms with Gasteiger partial charge in [-0.3, -0.25) is 4.79 Å². The van der Waals surface area contributed by atoms with E-state index >= 15 is 0 Å². The number of benzene rings is 1. The van der Waals surface area contributed by atoms with Gasteiger partial charge in [0.2, 0.25) is 0 Å². The lowest BCUT2D eigenvalue weighted by Gasteiger charge is -2.09. The highest BCUT2D eigenvalue weighted by Gasteiger charge is 2.12. The second-order valence-electron chi connectivity index (χ2n) is 3.85. The number of carbonyl (C=O) groups excluding carboxylic acids is 1. The van der Waals surface area contributed by atoms with Crippen LogP contribution >= 0.6 is 45.8 Å². The van der Waals surface area contributed by atoms with Gasteiger partial charge in [0.05, 0.1) is 16.9 Å². The van der Waals surface area contributed by atoms with Gasteiger partial charge >= 0.3 is 0 Å². The molecule has 0 saturated carbocycles. The van der Waals surface area contributed by atoms with Crippen LogP contribution in [0.15, 0.2) is 30.3 Å². The Balaban J connectivity index is 2.28. The Bertz CT molecular complexity index is 647. The molecule has 2 rings (SSSR count). The second-order valence-corrected chi connectivity index (χ2v) is 5.83. The van der Waals surface area contributed by atoms with Crippen molar-refractivity contribution in [2.75, 3.05) is 5.32 Å². The molecule has 0 saturated heterocycles. The van der Waals surface area contributed by atoms with Crippen LogP contribution in [-0.4, -0.2) is 10.9 Å². The Morgan fingerprint density at radius 2 is 2.00 bits per heavy atom. The van der Waals surface area contributed by atoms with Crippen molar-refractivity contribution in [3.63, 3.8) is 0 Å². The van der Waals surface area contributed by atoms with Crippen LogP contribution in [0.3, 0.4) is 0 Å². The van der Waals surface area contributed by atoms with Crippen molar-refractivity contribution in [1.82, 2.24) is 4.98 Å². The van der Waals surface area contributed by atoms with Gasteiger partial charge in [-0.15, -0.1) is 0 Å². The first-order valence-corrected chi connectivity index (χ1v) is 7.20. The first-order valence-electron chi connectivity index (χ1n) is 5.37. The van der Waals surface area contributed by atoms with Gasteiger partial charge in [-0.2, -0.15) is 0 Å². The van der Waals surface area contributed by atoms with E-state index in [9.17, 15) is 4.79 Å². The zero-order chi connectivity index (χ0) is 14.0. The number of aryl methyl sites for hydroxylation is 1. The van der Waals surface area contributed by atoms with Crippen LogP contribution in [0.25, 0.3) is 0 Å². The molecule has 2 aromatic rings. The molecular weight excluding hydrogens is 398 g/mol. The molecule has 0 aliphatic rings. The molecule has 1 aromatic carbocycles. The predicted octanol–water partition coefficient (Wildman–Crippen LogP) is 4.55. The molecule has 0 aliphatic heterocycles. The summed E-state index contributed by atoms with van der Waals surface area (Å²) in [6, 6.07) is 8.53. The Hall–Kier alpha value is -0.850. The molecule has 1 N–H and O–H groups in total. The SMILES string of the molecule is Cc1nc(Cl)ccc1NC(=O)c1cc(Cl)ccc1I. The average molecular weight is 407 g/mol. The van der Waals surface area contributed by atoms with E-state index < -0.39 is 0 Å². The van der Waals surface area contributed by atoms with Gasteiger partial charge in [0.25, 0.3) is 5.91 Å². The third-order valence-electron chi connectivity index (χ3n) is 2.47. The molecule has 0 spiro atoms. The minimum absolute atomic E-state index is 0.223. The van der Waals surface area contributed by atoms with Crippen LogP contribution in [0.5, 0.6) is 0 Å². The highest BCUT2D eigenvalue weighted by molar-refractivity contribution is 14.1. The molecule has 1 aromatic heterocycles. The van der Waals surface area contributed by atoms with E-state index in [4.69, 9.17) is 23.2 Å². The number of anilines is 1. The summed E-state index contributed by atoms with van der Waals surface area (Å²) < 4.78 is 0.832. The van der Waals surface area contributed by atoms with E-state index in [2.05, 4.69) is 32.9 Å². The smallest absolute Gasteiger partial charge is 0.256 e. The summed E-state index contributed by atoms with van der Waals surface area (Å²) in [6.07, 6.45) is 0. The molecule has 0 fully saturated rings. The molecule has 0 unspecified atom stereocenters. The summed E-state index contributed by atoms with van der Waals surface area (Å²) in [4.78, 5) is 16.3. The van der Waals surface area contributed by atoms with E-state index in [1.807, 2.05) is 0 Å². The summed E-state index contributed by atoms with van der Waals surface area (Å²) in [7, 11) is 0. The molecule has 0 atom stereocenters. The quantitative estimate of drug-likeness (QED) is 0.587. The Morgan fingerprint density at radius 3 is 2.68 bits per heavy atom. The average Bonchev–Trinajstić information content (AvgIpc) is 2.35. The maximum Gasteiger partial charge on any atom is 0.256 e. The molecule has 0 radical (unpaired) electrons. The Kier molecular flexibility index (Phi) is 4.65. The van der Waals surface area contributed by atoms with Gasteiger partial charge in [-0.1, -0.05) is 23.2 Å². The van der Waals surface area contributed by atoms with Gasteiger partial charge in [0.15, 0.2) is 0 Å². The van der Waals surface area contributed by atoms with Crippen LogP contribution in [0.2, 0.25) is 10.2 Å². The number of hydrogen-bond acceptors (Lipinski definition) is 2. The van der Waals surface area contributed by atoms with Crippen molar-refractivity contribution in [1.29, 1.82) is 0 Å². The number of hydrogen-bond donors (Lipinski definition) is 1. The Labute approximate surface area is 134 Å². The van der Waals surface area contributed by atoms with Crippen LogP contribution < -0.4 is 5.32 Å². The molecule has 3 nitrogen and oxygen atoms in total. The highest BCUT2D eigenvalue weighted by Crippen LogP contribution is 2.21. The zero-order valence-electron chi connectivity index (χ0n) is 9.88. The number of aromatic nitrogens is 1. The van der Waals surface area contributed by atoms with Gasteiger partial charge < -0.3 is 5.32 Å². The summed E-state index contributed by atoms with van der Waals surface area (Å²) in [6.45, 7) is 1.78.